The standard InChI is InChI=1S/C15H14N4O2/c1-3-21-15(20)14-17-13(18-19-14)11-8-9(2)16-12-7-5-4-6-10(11)12/h4-8H,3H2,1-2H3,(H,17,18,19). The Balaban J connectivity index is 2.10. The van der Waals surface area contributed by atoms with E-state index in [2.05, 4.69) is 20.2 Å². The van der Waals surface area contributed by atoms with Crippen molar-refractivity contribution in [1.29, 1.82) is 0 Å². The van der Waals surface area contributed by atoms with Gasteiger partial charge in [0.05, 0.1) is 12.1 Å². The molecule has 0 amide bonds. The summed E-state index contributed by atoms with van der Waals surface area (Å²) in [6, 6.07) is 9.66. The van der Waals surface area contributed by atoms with Crippen LogP contribution in [0.5, 0.6) is 0 Å². The topological polar surface area (TPSA) is 80.8 Å². The summed E-state index contributed by atoms with van der Waals surface area (Å²) in [5.41, 5.74) is 2.58. The van der Waals surface area contributed by atoms with Crippen LogP contribution in [0, 0.1) is 6.92 Å². The van der Waals surface area contributed by atoms with Crippen molar-refractivity contribution in [1.82, 2.24) is 20.2 Å². The van der Waals surface area contributed by atoms with Gasteiger partial charge in [0.2, 0.25) is 5.82 Å². The number of para-hydroxylation sites is 1. The molecule has 2 heterocycles. The van der Waals surface area contributed by atoms with Crippen molar-refractivity contribution < 1.29 is 9.53 Å². The van der Waals surface area contributed by atoms with Crippen LogP contribution in [-0.2, 0) is 4.74 Å². The third-order valence-electron chi connectivity index (χ3n) is 3.04. The van der Waals surface area contributed by atoms with Crippen LogP contribution in [0.15, 0.2) is 30.3 Å². The molecule has 0 saturated heterocycles. The fourth-order valence-corrected chi connectivity index (χ4v) is 2.17. The molecule has 0 atom stereocenters. The SMILES string of the molecule is CCOC(=O)c1nc(-c2cc(C)nc3ccccc23)n[nH]1. The number of pyridine rings is 1. The van der Waals surface area contributed by atoms with Crippen LogP contribution in [-0.4, -0.2) is 32.7 Å². The Bertz CT molecular complexity index is 810. The van der Waals surface area contributed by atoms with Crippen LogP contribution >= 0.6 is 0 Å². The summed E-state index contributed by atoms with van der Waals surface area (Å²) in [5.74, 6) is 0.0523. The number of nitrogens with zero attached hydrogens (tertiary/aromatic N) is 3. The van der Waals surface area contributed by atoms with E-state index < -0.39 is 5.97 Å². The first kappa shape index (κ1) is 13.2. The van der Waals surface area contributed by atoms with E-state index in [1.54, 1.807) is 6.92 Å². The van der Waals surface area contributed by atoms with Crippen molar-refractivity contribution in [2.24, 2.45) is 0 Å². The van der Waals surface area contributed by atoms with Crippen LogP contribution in [0.3, 0.4) is 0 Å². The predicted octanol–water partition coefficient (Wildman–Crippen LogP) is 2.51. The lowest BCUT2D eigenvalue weighted by atomic mass is 10.1. The van der Waals surface area contributed by atoms with Gasteiger partial charge in [-0.05, 0) is 26.0 Å². The van der Waals surface area contributed by atoms with Gasteiger partial charge in [0, 0.05) is 16.6 Å². The van der Waals surface area contributed by atoms with Gasteiger partial charge in [-0.1, -0.05) is 18.2 Å². The molecule has 6 heteroatoms. The summed E-state index contributed by atoms with van der Waals surface area (Å²) < 4.78 is 4.90. The van der Waals surface area contributed by atoms with Gasteiger partial charge in [-0.2, -0.15) is 5.10 Å². The van der Waals surface area contributed by atoms with E-state index in [1.165, 1.54) is 0 Å². The first-order chi connectivity index (χ1) is 10.2. The normalized spacial score (nSPS) is 10.8. The number of aromatic amines is 1. The van der Waals surface area contributed by atoms with Crippen LogP contribution < -0.4 is 0 Å². The summed E-state index contributed by atoms with van der Waals surface area (Å²) in [7, 11) is 0. The first-order valence-corrected chi connectivity index (χ1v) is 6.65. The third-order valence-corrected chi connectivity index (χ3v) is 3.04. The maximum Gasteiger partial charge on any atom is 0.375 e. The zero-order chi connectivity index (χ0) is 14.8. The zero-order valence-electron chi connectivity index (χ0n) is 11.8. The second-order valence-electron chi connectivity index (χ2n) is 4.56. The maximum absolute atomic E-state index is 11.7. The Morgan fingerprint density at radius 1 is 1.29 bits per heavy atom. The summed E-state index contributed by atoms with van der Waals surface area (Å²) >= 11 is 0. The number of aryl methyl sites for hydroxylation is 1. The first-order valence-electron chi connectivity index (χ1n) is 6.65. The summed E-state index contributed by atoms with van der Waals surface area (Å²) in [6.45, 7) is 3.95. The molecule has 2 aromatic heterocycles. The van der Waals surface area contributed by atoms with Gasteiger partial charge < -0.3 is 4.74 Å². The number of benzene rings is 1. The number of H-pyrrole nitrogens is 1. The van der Waals surface area contributed by atoms with E-state index in [9.17, 15) is 4.79 Å². The highest BCUT2D eigenvalue weighted by Crippen LogP contribution is 2.25. The Morgan fingerprint density at radius 2 is 2.10 bits per heavy atom. The van der Waals surface area contributed by atoms with Gasteiger partial charge >= 0.3 is 5.97 Å². The van der Waals surface area contributed by atoms with Gasteiger partial charge in [-0.25, -0.2) is 9.78 Å². The molecular weight excluding hydrogens is 268 g/mol. The van der Waals surface area contributed by atoms with Crippen LogP contribution in [0.25, 0.3) is 22.3 Å². The monoisotopic (exact) mass is 282 g/mol. The van der Waals surface area contributed by atoms with Gasteiger partial charge in [-0.3, -0.25) is 10.1 Å². The second-order valence-corrected chi connectivity index (χ2v) is 4.56. The fourth-order valence-electron chi connectivity index (χ4n) is 2.17. The van der Waals surface area contributed by atoms with Crippen LogP contribution in [0.2, 0.25) is 0 Å². The lowest BCUT2D eigenvalue weighted by molar-refractivity contribution is 0.0512. The Kier molecular flexibility index (Phi) is 3.35. The molecule has 0 saturated carbocycles. The number of ether oxygens (including phenoxy) is 1. The lowest BCUT2D eigenvalue weighted by Crippen LogP contribution is -2.06. The zero-order valence-corrected chi connectivity index (χ0v) is 11.8. The molecule has 21 heavy (non-hydrogen) atoms. The van der Waals surface area contributed by atoms with E-state index in [0.717, 1.165) is 22.2 Å². The fraction of sp³-hybridized carbons (Fsp3) is 0.200. The summed E-state index contributed by atoms with van der Waals surface area (Å²) in [6.07, 6.45) is 0. The highest BCUT2D eigenvalue weighted by Gasteiger charge is 2.16. The molecule has 6 nitrogen and oxygen atoms in total. The molecule has 0 fully saturated rings. The molecule has 1 aromatic carbocycles. The third kappa shape index (κ3) is 2.47. The highest BCUT2D eigenvalue weighted by molar-refractivity contribution is 5.93. The van der Waals surface area contributed by atoms with E-state index >= 15 is 0 Å². The number of hydrogen-bond donors (Lipinski definition) is 1. The Hall–Kier alpha value is -2.76. The summed E-state index contributed by atoms with van der Waals surface area (Å²) in [4.78, 5) is 20.3. The molecular formula is C15H14N4O2. The Morgan fingerprint density at radius 3 is 2.90 bits per heavy atom. The van der Waals surface area contributed by atoms with E-state index in [-0.39, 0.29) is 5.82 Å². The average Bonchev–Trinajstić information content (AvgIpc) is 2.96. The number of aromatic nitrogens is 4. The number of rotatable bonds is 3. The molecule has 3 rings (SSSR count). The minimum absolute atomic E-state index is 0.102. The number of carbonyl (C=O) groups excluding carboxylic acids is 1. The smallest absolute Gasteiger partial charge is 0.375 e. The van der Waals surface area contributed by atoms with Crippen molar-refractivity contribution >= 4 is 16.9 Å². The Labute approximate surface area is 121 Å². The van der Waals surface area contributed by atoms with Gasteiger partial charge in [0.25, 0.3) is 0 Å². The number of carbonyl (C=O) groups is 1. The quantitative estimate of drug-likeness (QED) is 0.746. The summed E-state index contributed by atoms with van der Waals surface area (Å²) in [5, 5.41) is 7.68. The van der Waals surface area contributed by atoms with Crippen molar-refractivity contribution in [2.75, 3.05) is 6.61 Å². The highest BCUT2D eigenvalue weighted by atomic mass is 16.5. The van der Waals surface area contributed by atoms with Crippen molar-refractivity contribution in [3.63, 3.8) is 0 Å². The molecule has 0 spiro atoms. The van der Waals surface area contributed by atoms with Crippen molar-refractivity contribution in [2.45, 2.75) is 13.8 Å². The second kappa shape index (κ2) is 5.32. The minimum atomic E-state index is -0.508. The van der Waals surface area contributed by atoms with E-state index in [1.807, 2.05) is 37.3 Å². The molecule has 1 N–H and O–H groups in total. The van der Waals surface area contributed by atoms with Crippen molar-refractivity contribution in [3.05, 3.63) is 41.9 Å². The van der Waals surface area contributed by atoms with Crippen LogP contribution in [0.1, 0.15) is 23.2 Å². The average molecular weight is 282 g/mol. The van der Waals surface area contributed by atoms with Gasteiger partial charge in [-0.15, -0.1) is 0 Å². The molecule has 0 radical (unpaired) electrons. The van der Waals surface area contributed by atoms with Crippen LogP contribution in [0.4, 0.5) is 0 Å². The van der Waals surface area contributed by atoms with E-state index in [4.69, 9.17) is 4.74 Å². The molecule has 0 aliphatic rings. The molecule has 3 aromatic rings. The van der Waals surface area contributed by atoms with Gasteiger partial charge in [0.15, 0.2) is 5.82 Å². The number of hydrogen-bond acceptors (Lipinski definition) is 5. The predicted molar refractivity (Wildman–Crippen MR) is 77.8 cm³/mol. The lowest BCUT2D eigenvalue weighted by Gasteiger charge is -2.04. The molecule has 0 aliphatic carbocycles. The molecule has 106 valence electrons. The number of nitrogens with one attached hydrogen (secondary N) is 1. The van der Waals surface area contributed by atoms with Crippen molar-refractivity contribution in [3.8, 4) is 11.4 Å². The minimum Gasteiger partial charge on any atom is -0.460 e. The van der Waals surface area contributed by atoms with Gasteiger partial charge in [0.1, 0.15) is 0 Å². The van der Waals surface area contributed by atoms with E-state index in [0.29, 0.717) is 12.4 Å². The molecule has 0 bridgehead atoms. The molecule has 0 aliphatic heterocycles. The largest absolute Gasteiger partial charge is 0.460 e. The maximum atomic E-state index is 11.7. The molecule has 0 unspecified atom stereocenters. The number of esters is 1. The number of fused-ring (bicyclic) bond motifs is 1.